The molecule has 2 heterocycles. The van der Waals surface area contributed by atoms with E-state index in [9.17, 15) is 4.39 Å². The van der Waals surface area contributed by atoms with Crippen LogP contribution >= 0.6 is 0 Å². The van der Waals surface area contributed by atoms with E-state index in [1.165, 1.54) is 29.6 Å². The standard InChI is InChI=1S/C20H16FN5/c21-14-6-8-15(9-7-14)26-20-17(11-24-26)19(22-12-23-20)25-18-10-5-13-3-1-2-4-16(13)18/h1-4,6-9,11-12,18H,5,10H2,(H,22,23,25)/t18-/m1/s1. The summed E-state index contributed by atoms with van der Waals surface area (Å²) < 4.78 is 14.9. The molecule has 1 aliphatic carbocycles. The Kier molecular flexibility index (Phi) is 3.41. The zero-order valence-corrected chi connectivity index (χ0v) is 13.9. The van der Waals surface area contributed by atoms with Crippen LogP contribution < -0.4 is 5.32 Å². The summed E-state index contributed by atoms with van der Waals surface area (Å²) in [6, 6.07) is 14.9. The summed E-state index contributed by atoms with van der Waals surface area (Å²) in [4.78, 5) is 8.80. The van der Waals surface area contributed by atoms with Gasteiger partial charge in [0.15, 0.2) is 5.65 Å². The van der Waals surface area contributed by atoms with Crippen LogP contribution in [0.15, 0.2) is 61.1 Å². The SMILES string of the molecule is Fc1ccc(-n2ncc3c(N[C@@H]4CCc5ccccc54)ncnc32)cc1. The number of hydrogen-bond donors (Lipinski definition) is 1. The first-order valence-electron chi connectivity index (χ1n) is 8.58. The van der Waals surface area contributed by atoms with Gasteiger partial charge < -0.3 is 5.32 Å². The minimum absolute atomic E-state index is 0.235. The van der Waals surface area contributed by atoms with Crippen molar-refractivity contribution in [3.8, 4) is 5.69 Å². The Morgan fingerprint density at radius 3 is 2.77 bits per heavy atom. The molecule has 0 unspecified atom stereocenters. The molecule has 0 saturated heterocycles. The molecule has 0 saturated carbocycles. The van der Waals surface area contributed by atoms with Crippen LogP contribution in [0, 0.1) is 5.82 Å². The fourth-order valence-electron chi connectivity index (χ4n) is 3.60. The van der Waals surface area contributed by atoms with Crippen molar-refractivity contribution in [3.63, 3.8) is 0 Å². The van der Waals surface area contributed by atoms with Crippen molar-refractivity contribution < 1.29 is 4.39 Å². The van der Waals surface area contributed by atoms with Crippen LogP contribution in [0.1, 0.15) is 23.6 Å². The van der Waals surface area contributed by atoms with E-state index in [1.54, 1.807) is 23.0 Å². The molecule has 4 aromatic rings. The highest BCUT2D eigenvalue weighted by atomic mass is 19.1. The number of benzene rings is 2. The van der Waals surface area contributed by atoms with Gasteiger partial charge in [-0.25, -0.2) is 19.0 Å². The van der Waals surface area contributed by atoms with Gasteiger partial charge in [0.1, 0.15) is 18.0 Å². The number of hydrogen-bond acceptors (Lipinski definition) is 4. The van der Waals surface area contributed by atoms with Crippen molar-refractivity contribution >= 4 is 16.9 Å². The van der Waals surface area contributed by atoms with Crippen molar-refractivity contribution in [2.75, 3.05) is 5.32 Å². The second-order valence-electron chi connectivity index (χ2n) is 6.43. The molecular formula is C20H16FN5. The summed E-state index contributed by atoms with van der Waals surface area (Å²) in [7, 11) is 0. The largest absolute Gasteiger partial charge is 0.363 e. The van der Waals surface area contributed by atoms with E-state index >= 15 is 0 Å². The van der Waals surface area contributed by atoms with Gasteiger partial charge in [-0.1, -0.05) is 24.3 Å². The molecule has 2 aromatic heterocycles. The molecule has 2 aromatic carbocycles. The van der Waals surface area contributed by atoms with Crippen molar-refractivity contribution in [1.29, 1.82) is 0 Å². The molecule has 0 spiro atoms. The number of rotatable bonds is 3. The molecular weight excluding hydrogens is 329 g/mol. The van der Waals surface area contributed by atoms with Crippen molar-refractivity contribution in [3.05, 3.63) is 78.0 Å². The van der Waals surface area contributed by atoms with E-state index in [2.05, 4.69) is 44.6 Å². The van der Waals surface area contributed by atoms with Crippen molar-refractivity contribution in [2.45, 2.75) is 18.9 Å². The van der Waals surface area contributed by atoms with E-state index in [4.69, 9.17) is 0 Å². The molecule has 0 amide bonds. The van der Waals surface area contributed by atoms with Crippen LogP contribution in [-0.2, 0) is 6.42 Å². The third kappa shape index (κ3) is 2.42. The van der Waals surface area contributed by atoms with E-state index < -0.39 is 0 Å². The first-order valence-corrected chi connectivity index (χ1v) is 8.58. The summed E-state index contributed by atoms with van der Waals surface area (Å²) in [5.41, 5.74) is 4.17. The van der Waals surface area contributed by atoms with Crippen LogP contribution in [0.5, 0.6) is 0 Å². The molecule has 1 aliphatic rings. The smallest absolute Gasteiger partial charge is 0.168 e. The molecule has 0 radical (unpaired) electrons. The summed E-state index contributed by atoms with van der Waals surface area (Å²) in [5.74, 6) is 0.493. The zero-order chi connectivity index (χ0) is 17.5. The lowest BCUT2D eigenvalue weighted by atomic mass is 10.1. The Hall–Kier alpha value is -3.28. The van der Waals surface area contributed by atoms with Gasteiger partial charge in [0.2, 0.25) is 0 Å². The minimum atomic E-state index is -0.276. The molecule has 1 atom stereocenters. The van der Waals surface area contributed by atoms with Gasteiger partial charge in [-0.3, -0.25) is 0 Å². The van der Waals surface area contributed by atoms with Crippen LogP contribution in [0.3, 0.4) is 0 Å². The average Bonchev–Trinajstić information content (AvgIpc) is 3.28. The quantitative estimate of drug-likeness (QED) is 0.608. The Morgan fingerprint density at radius 2 is 1.88 bits per heavy atom. The Morgan fingerprint density at radius 1 is 1.04 bits per heavy atom. The maximum absolute atomic E-state index is 13.2. The highest BCUT2D eigenvalue weighted by molar-refractivity contribution is 5.87. The molecule has 5 rings (SSSR count). The number of fused-ring (bicyclic) bond motifs is 2. The number of aryl methyl sites for hydroxylation is 1. The lowest BCUT2D eigenvalue weighted by Crippen LogP contribution is -2.09. The van der Waals surface area contributed by atoms with Crippen LogP contribution in [0.4, 0.5) is 10.2 Å². The van der Waals surface area contributed by atoms with E-state index in [1.807, 2.05) is 0 Å². The predicted molar refractivity (Wildman–Crippen MR) is 97.7 cm³/mol. The highest BCUT2D eigenvalue weighted by Crippen LogP contribution is 2.34. The third-order valence-electron chi connectivity index (χ3n) is 4.88. The lowest BCUT2D eigenvalue weighted by molar-refractivity contribution is 0.627. The predicted octanol–water partition coefficient (Wildman–Crippen LogP) is 4.05. The number of nitrogens with one attached hydrogen (secondary N) is 1. The van der Waals surface area contributed by atoms with Gasteiger partial charge in [0.05, 0.1) is 23.3 Å². The summed E-state index contributed by atoms with van der Waals surface area (Å²) in [5, 5.41) is 8.82. The topological polar surface area (TPSA) is 55.6 Å². The number of halogens is 1. The first-order chi connectivity index (χ1) is 12.8. The summed E-state index contributed by atoms with van der Waals surface area (Å²) in [6.45, 7) is 0. The van der Waals surface area contributed by atoms with E-state index in [0.29, 0.717) is 5.65 Å². The van der Waals surface area contributed by atoms with Gasteiger partial charge in [0.25, 0.3) is 0 Å². The average molecular weight is 345 g/mol. The molecule has 0 aliphatic heterocycles. The van der Waals surface area contributed by atoms with Gasteiger partial charge >= 0.3 is 0 Å². The molecule has 1 N–H and O–H groups in total. The Balaban J connectivity index is 1.53. The monoisotopic (exact) mass is 345 g/mol. The number of anilines is 1. The lowest BCUT2D eigenvalue weighted by Gasteiger charge is -2.15. The Labute approximate surface area is 149 Å². The first kappa shape index (κ1) is 15.0. The number of nitrogens with zero attached hydrogens (tertiary/aromatic N) is 4. The normalized spacial score (nSPS) is 16.0. The summed E-state index contributed by atoms with van der Waals surface area (Å²) in [6.07, 6.45) is 5.39. The van der Waals surface area contributed by atoms with Crippen LogP contribution in [-0.4, -0.2) is 19.7 Å². The van der Waals surface area contributed by atoms with Crippen LogP contribution in [0.25, 0.3) is 16.7 Å². The molecule has 5 nitrogen and oxygen atoms in total. The minimum Gasteiger partial charge on any atom is -0.363 e. The van der Waals surface area contributed by atoms with Crippen LogP contribution in [0.2, 0.25) is 0 Å². The Bertz CT molecular complexity index is 1090. The maximum Gasteiger partial charge on any atom is 0.168 e. The molecule has 0 bridgehead atoms. The van der Waals surface area contributed by atoms with Gasteiger partial charge in [-0.2, -0.15) is 5.10 Å². The second kappa shape index (κ2) is 5.91. The van der Waals surface area contributed by atoms with E-state index in [-0.39, 0.29) is 11.9 Å². The molecule has 0 fully saturated rings. The molecule has 128 valence electrons. The second-order valence-corrected chi connectivity index (χ2v) is 6.43. The van der Waals surface area contributed by atoms with Gasteiger partial charge in [-0.15, -0.1) is 0 Å². The number of aromatic nitrogens is 4. The fourth-order valence-corrected chi connectivity index (χ4v) is 3.60. The third-order valence-corrected chi connectivity index (χ3v) is 4.88. The summed E-state index contributed by atoms with van der Waals surface area (Å²) >= 11 is 0. The molecule has 26 heavy (non-hydrogen) atoms. The van der Waals surface area contributed by atoms with E-state index in [0.717, 1.165) is 29.7 Å². The van der Waals surface area contributed by atoms with Gasteiger partial charge in [0, 0.05) is 0 Å². The fraction of sp³-hybridized carbons (Fsp3) is 0.150. The maximum atomic E-state index is 13.2. The van der Waals surface area contributed by atoms with Gasteiger partial charge in [-0.05, 0) is 48.2 Å². The highest BCUT2D eigenvalue weighted by Gasteiger charge is 2.23. The molecule has 6 heteroatoms. The van der Waals surface area contributed by atoms with Crippen molar-refractivity contribution in [1.82, 2.24) is 19.7 Å². The zero-order valence-electron chi connectivity index (χ0n) is 13.9. The van der Waals surface area contributed by atoms with Crippen molar-refractivity contribution in [2.24, 2.45) is 0 Å².